The van der Waals surface area contributed by atoms with E-state index in [1.165, 1.54) is 0 Å². The van der Waals surface area contributed by atoms with Gasteiger partial charge in [0.05, 0.1) is 11.7 Å². The van der Waals surface area contributed by atoms with Gasteiger partial charge in [0.15, 0.2) is 0 Å². The predicted octanol–water partition coefficient (Wildman–Crippen LogP) is 4.04. The number of nitrogens with zero attached hydrogens (tertiary/aromatic N) is 1. The Morgan fingerprint density at radius 2 is 2.00 bits per heavy atom. The van der Waals surface area contributed by atoms with Crippen molar-refractivity contribution in [3.05, 3.63) is 60.3 Å². The summed E-state index contributed by atoms with van der Waals surface area (Å²) in [6.45, 7) is 1.96. The summed E-state index contributed by atoms with van der Waals surface area (Å²) in [7, 11) is 1.78. The van der Waals surface area contributed by atoms with Crippen LogP contribution in [0.3, 0.4) is 0 Å². The van der Waals surface area contributed by atoms with E-state index in [0.717, 1.165) is 48.2 Å². The molecule has 1 aliphatic heterocycles. The van der Waals surface area contributed by atoms with Crippen LogP contribution in [0.25, 0.3) is 10.9 Å². The van der Waals surface area contributed by atoms with Crippen molar-refractivity contribution in [2.75, 3.05) is 30.4 Å². The molecule has 2 N–H and O–H groups in total. The first-order valence-corrected chi connectivity index (χ1v) is 9.00. The molecule has 1 fully saturated rings. The number of hydrogen-bond acceptors (Lipinski definition) is 3. The Labute approximate surface area is 153 Å². The summed E-state index contributed by atoms with van der Waals surface area (Å²) < 4.78 is 5.49. The van der Waals surface area contributed by atoms with E-state index in [-0.39, 0.29) is 5.91 Å². The minimum atomic E-state index is -0.104. The van der Waals surface area contributed by atoms with Gasteiger partial charge in [-0.1, -0.05) is 18.2 Å². The molecule has 3 aromatic rings. The van der Waals surface area contributed by atoms with Crippen molar-refractivity contribution in [1.29, 1.82) is 0 Å². The smallest absolute Gasteiger partial charge is 0.257 e. The zero-order chi connectivity index (χ0) is 17.9. The lowest BCUT2D eigenvalue weighted by atomic mass is 10.1. The van der Waals surface area contributed by atoms with Gasteiger partial charge in [-0.25, -0.2) is 0 Å². The highest BCUT2D eigenvalue weighted by atomic mass is 16.5. The summed E-state index contributed by atoms with van der Waals surface area (Å²) in [4.78, 5) is 18.1. The lowest BCUT2D eigenvalue weighted by Crippen LogP contribution is -2.39. The summed E-state index contributed by atoms with van der Waals surface area (Å²) in [5.74, 6) is -0.104. The Balaban J connectivity index is 1.46. The SMILES string of the molecule is COC1CCCN(c2ccc(NC(=O)c3c[nH]c4ccccc34)cc2)C1. The van der Waals surface area contributed by atoms with Gasteiger partial charge in [0, 0.05) is 48.7 Å². The molecule has 1 amide bonds. The maximum absolute atomic E-state index is 12.6. The summed E-state index contributed by atoms with van der Waals surface area (Å²) in [6, 6.07) is 15.8. The minimum absolute atomic E-state index is 0.104. The van der Waals surface area contributed by atoms with E-state index >= 15 is 0 Å². The van der Waals surface area contributed by atoms with Crippen LogP contribution in [-0.2, 0) is 4.74 Å². The number of fused-ring (bicyclic) bond motifs is 1. The molecule has 2 aromatic carbocycles. The van der Waals surface area contributed by atoms with Crippen molar-refractivity contribution in [2.24, 2.45) is 0 Å². The number of benzene rings is 2. The van der Waals surface area contributed by atoms with Crippen molar-refractivity contribution in [2.45, 2.75) is 18.9 Å². The van der Waals surface area contributed by atoms with Crippen molar-refractivity contribution >= 4 is 28.2 Å². The van der Waals surface area contributed by atoms with Crippen molar-refractivity contribution in [1.82, 2.24) is 4.98 Å². The van der Waals surface area contributed by atoms with Crippen LogP contribution in [0.4, 0.5) is 11.4 Å². The number of aromatic nitrogens is 1. The van der Waals surface area contributed by atoms with Gasteiger partial charge < -0.3 is 19.9 Å². The second-order valence-electron chi connectivity index (χ2n) is 6.69. The fourth-order valence-electron chi connectivity index (χ4n) is 3.58. The summed E-state index contributed by atoms with van der Waals surface area (Å²) in [6.07, 6.45) is 4.31. The average Bonchev–Trinajstić information content (AvgIpc) is 3.13. The molecule has 0 bridgehead atoms. The number of para-hydroxylation sites is 1. The molecule has 1 saturated heterocycles. The highest BCUT2D eigenvalue weighted by molar-refractivity contribution is 6.12. The maximum atomic E-state index is 12.6. The first-order chi connectivity index (χ1) is 12.7. The number of hydrogen-bond donors (Lipinski definition) is 2. The summed E-state index contributed by atoms with van der Waals surface area (Å²) in [5, 5.41) is 3.92. The zero-order valence-electron chi connectivity index (χ0n) is 14.9. The molecule has 5 heteroatoms. The second kappa shape index (κ2) is 7.22. The predicted molar refractivity (Wildman–Crippen MR) is 105 cm³/mol. The Bertz CT molecular complexity index is 901. The molecule has 26 heavy (non-hydrogen) atoms. The number of carbonyl (C=O) groups is 1. The molecule has 0 aliphatic carbocycles. The fraction of sp³-hybridized carbons (Fsp3) is 0.286. The third kappa shape index (κ3) is 3.30. The topological polar surface area (TPSA) is 57.4 Å². The highest BCUT2D eigenvalue weighted by Gasteiger charge is 2.19. The monoisotopic (exact) mass is 349 g/mol. The largest absolute Gasteiger partial charge is 0.380 e. The third-order valence-electron chi connectivity index (χ3n) is 5.04. The van der Waals surface area contributed by atoms with Crippen LogP contribution < -0.4 is 10.2 Å². The Morgan fingerprint density at radius 3 is 2.81 bits per heavy atom. The van der Waals surface area contributed by atoms with Gasteiger partial charge in [0.1, 0.15) is 0 Å². The molecule has 0 radical (unpaired) electrons. The number of amides is 1. The molecule has 0 saturated carbocycles. The molecular formula is C21H23N3O2. The molecule has 1 atom stereocenters. The van der Waals surface area contributed by atoms with Gasteiger partial charge in [-0.15, -0.1) is 0 Å². The standard InChI is InChI=1S/C21H23N3O2/c1-26-17-5-4-12-24(14-17)16-10-8-15(9-11-16)23-21(25)19-13-22-20-7-3-2-6-18(19)20/h2-3,6-11,13,17,22H,4-5,12,14H2,1H3,(H,23,25). The van der Waals surface area contributed by atoms with Gasteiger partial charge in [-0.2, -0.15) is 0 Å². The van der Waals surface area contributed by atoms with Crippen LogP contribution in [0.1, 0.15) is 23.2 Å². The van der Waals surface area contributed by atoms with Gasteiger partial charge in [-0.3, -0.25) is 4.79 Å². The number of ether oxygens (including phenoxy) is 1. The molecule has 0 spiro atoms. The number of H-pyrrole nitrogens is 1. The number of methoxy groups -OCH3 is 1. The van der Waals surface area contributed by atoms with E-state index in [2.05, 4.69) is 27.3 Å². The summed E-state index contributed by atoms with van der Waals surface area (Å²) >= 11 is 0. The normalized spacial score (nSPS) is 17.4. The number of carbonyl (C=O) groups excluding carboxylic acids is 1. The Kier molecular flexibility index (Phi) is 4.63. The van der Waals surface area contributed by atoms with Crippen LogP contribution >= 0.6 is 0 Å². The van der Waals surface area contributed by atoms with E-state index in [4.69, 9.17) is 4.74 Å². The number of nitrogens with one attached hydrogen (secondary N) is 2. The third-order valence-corrected chi connectivity index (χ3v) is 5.04. The first-order valence-electron chi connectivity index (χ1n) is 9.00. The van der Waals surface area contributed by atoms with E-state index in [1.54, 1.807) is 13.3 Å². The molecule has 4 rings (SSSR count). The lowest BCUT2D eigenvalue weighted by molar-refractivity contribution is 0.0893. The van der Waals surface area contributed by atoms with Crippen molar-refractivity contribution < 1.29 is 9.53 Å². The van der Waals surface area contributed by atoms with E-state index in [9.17, 15) is 4.79 Å². The van der Waals surface area contributed by atoms with E-state index in [0.29, 0.717) is 11.7 Å². The first kappa shape index (κ1) is 16.7. The molecule has 134 valence electrons. The number of piperidine rings is 1. The molecule has 1 unspecified atom stereocenters. The van der Waals surface area contributed by atoms with Gasteiger partial charge in [-0.05, 0) is 43.2 Å². The second-order valence-corrected chi connectivity index (χ2v) is 6.69. The van der Waals surface area contributed by atoms with Crippen LogP contribution in [0.2, 0.25) is 0 Å². The fourth-order valence-corrected chi connectivity index (χ4v) is 3.58. The van der Waals surface area contributed by atoms with Crippen LogP contribution in [0.15, 0.2) is 54.7 Å². The van der Waals surface area contributed by atoms with Crippen molar-refractivity contribution in [3.63, 3.8) is 0 Å². The van der Waals surface area contributed by atoms with E-state index in [1.807, 2.05) is 36.4 Å². The summed E-state index contributed by atoms with van der Waals surface area (Å²) in [5.41, 5.74) is 3.58. The number of rotatable bonds is 4. The lowest BCUT2D eigenvalue weighted by Gasteiger charge is -2.33. The number of aromatic amines is 1. The molecular weight excluding hydrogens is 326 g/mol. The number of anilines is 2. The molecule has 1 aliphatic rings. The Hall–Kier alpha value is -2.79. The Morgan fingerprint density at radius 1 is 1.19 bits per heavy atom. The van der Waals surface area contributed by atoms with Crippen LogP contribution in [0.5, 0.6) is 0 Å². The zero-order valence-corrected chi connectivity index (χ0v) is 14.9. The van der Waals surface area contributed by atoms with Gasteiger partial charge >= 0.3 is 0 Å². The van der Waals surface area contributed by atoms with E-state index < -0.39 is 0 Å². The van der Waals surface area contributed by atoms with Gasteiger partial charge in [0.25, 0.3) is 5.91 Å². The quantitative estimate of drug-likeness (QED) is 0.747. The van der Waals surface area contributed by atoms with Crippen LogP contribution in [-0.4, -0.2) is 37.2 Å². The molecule has 2 heterocycles. The maximum Gasteiger partial charge on any atom is 0.257 e. The molecule has 5 nitrogen and oxygen atoms in total. The minimum Gasteiger partial charge on any atom is -0.380 e. The highest BCUT2D eigenvalue weighted by Crippen LogP contribution is 2.24. The van der Waals surface area contributed by atoms with Crippen molar-refractivity contribution in [3.8, 4) is 0 Å². The average molecular weight is 349 g/mol. The van der Waals surface area contributed by atoms with Gasteiger partial charge in [0.2, 0.25) is 0 Å². The van der Waals surface area contributed by atoms with Crippen LogP contribution in [0, 0.1) is 0 Å². The molecule has 1 aromatic heterocycles.